The average molecular weight is 233 g/mol. The van der Waals surface area contributed by atoms with Crippen LogP contribution in [0.15, 0.2) is 35.3 Å². The Morgan fingerprint density at radius 2 is 2.12 bits per heavy atom. The van der Waals surface area contributed by atoms with E-state index in [0.717, 1.165) is 12.8 Å². The maximum absolute atomic E-state index is 5.87. The fourth-order valence-electron chi connectivity index (χ4n) is 2.09. The molecule has 0 bridgehead atoms. The molecule has 2 nitrogen and oxygen atoms in total. The van der Waals surface area contributed by atoms with Crippen LogP contribution in [0.2, 0.25) is 0 Å². The van der Waals surface area contributed by atoms with Crippen LogP contribution in [-0.2, 0) is 11.3 Å². The molecule has 0 heterocycles. The largest absolute Gasteiger partial charge is 0.371 e. The summed E-state index contributed by atoms with van der Waals surface area (Å²) in [5.41, 5.74) is 1.21. The molecule has 0 radical (unpaired) electrons. The molecule has 0 N–H and O–H groups in total. The van der Waals surface area contributed by atoms with Gasteiger partial charge in [-0.15, -0.1) is 0 Å². The van der Waals surface area contributed by atoms with Gasteiger partial charge in [-0.25, -0.2) is 4.99 Å². The van der Waals surface area contributed by atoms with E-state index in [1.54, 1.807) is 0 Å². The van der Waals surface area contributed by atoms with Crippen molar-refractivity contribution in [3.63, 3.8) is 0 Å². The van der Waals surface area contributed by atoms with E-state index in [1.165, 1.54) is 12.0 Å². The summed E-state index contributed by atoms with van der Waals surface area (Å²) >= 11 is 4.65. The van der Waals surface area contributed by atoms with Gasteiger partial charge in [0, 0.05) is 0 Å². The molecule has 0 aromatic heterocycles. The number of rotatable bonds is 4. The van der Waals surface area contributed by atoms with E-state index in [1.807, 2.05) is 18.2 Å². The summed E-state index contributed by atoms with van der Waals surface area (Å²) in [6.45, 7) is 0.662. The van der Waals surface area contributed by atoms with Crippen LogP contribution in [0.1, 0.15) is 24.8 Å². The molecule has 0 saturated heterocycles. The van der Waals surface area contributed by atoms with Crippen LogP contribution in [0, 0.1) is 0 Å². The van der Waals surface area contributed by atoms with E-state index in [-0.39, 0.29) is 12.1 Å². The molecule has 1 aliphatic rings. The minimum absolute atomic E-state index is 0.218. The first-order chi connectivity index (χ1) is 7.90. The lowest BCUT2D eigenvalue weighted by atomic mass is 10.2. The summed E-state index contributed by atoms with van der Waals surface area (Å²) in [5, 5.41) is 2.47. The van der Waals surface area contributed by atoms with Crippen molar-refractivity contribution in [3.8, 4) is 0 Å². The van der Waals surface area contributed by atoms with E-state index >= 15 is 0 Å². The molecule has 1 aliphatic carbocycles. The number of benzene rings is 1. The lowest BCUT2D eigenvalue weighted by molar-refractivity contribution is 0.0364. The second-order valence-corrected chi connectivity index (χ2v) is 4.24. The minimum atomic E-state index is 0.218. The minimum Gasteiger partial charge on any atom is -0.371 e. The number of isothiocyanates is 1. The van der Waals surface area contributed by atoms with Crippen molar-refractivity contribution in [2.75, 3.05) is 0 Å². The Bertz CT molecular complexity index is 373. The maximum atomic E-state index is 5.87. The van der Waals surface area contributed by atoms with Crippen LogP contribution in [0.3, 0.4) is 0 Å². The first kappa shape index (κ1) is 11.5. The maximum Gasteiger partial charge on any atom is 0.0864 e. The highest BCUT2D eigenvalue weighted by molar-refractivity contribution is 7.78. The highest BCUT2D eigenvalue weighted by atomic mass is 32.1. The predicted molar refractivity (Wildman–Crippen MR) is 67.7 cm³/mol. The zero-order valence-corrected chi connectivity index (χ0v) is 9.95. The van der Waals surface area contributed by atoms with Crippen LogP contribution in [0.4, 0.5) is 0 Å². The van der Waals surface area contributed by atoms with Crippen LogP contribution < -0.4 is 0 Å². The van der Waals surface area contributed by atoms with Crippen LogP contribution in [0.25, 0.3) is 0 Å². The Kier molecular flexibility index (Phi) is 4.23. The lowest BCUT2D eigenvalue weighted by Gasteiger charge is -2.15. The van der Waals surface area contributed by atoms with Crippen molar-refractivity contribution in [1.82, 2.24) is 0 Å². The smallest absolute Gasteiger partial charge is 0.0864 e. The van der Waals surface area contributed by atoms with Crippen molar-refractivity contribution in [2.45, 2.75) is 38.0 Å². The van der Waals surface area contributed by atoms with Gasteiger partial charge in [0.2, 0.25) is 0 Å². The Morgan fingerprint density at radius 1 is 1.31 bits per heavy atom. The Hall–Kier alpha value is -1.02. The number of thiocarbonyl (C=S) groups is 1. The highest BCUT2D eigenvalue weighted by Gasteiger charge is 2.27. The lowest BCUT2D eigenvalue weighted by Crippen LogP contribution is -2.21. The van der Waals surface area contributed by atoms with Gasteiger partial charge in [-0.05, 0) is 37.0 Å². The third kappa shape index (κ3) is 2.99. The van der Waals surface area contributed by atoms with Crippen molar-refractivity contribution in [1.29, 1.82) is 0 Å². The molecule has 1 fully saturated rings. The van der Waals surface area contributed by atoms with Gasteiger partial charge < -0.3 is 4.74 Å². The van der Waals surface area contributed by atoms with Crippen LogP contribution in [-0.4, -0.2) is 17.3 Å². The zero-order chi connectivity index (χ0) is 11.2. The van der Waals surface area contributed by atoms with Gasteiger partial charge in [0.25, 0.3) is 0 Å². The summed E-state index contributed by atoms with van der Waals surface area (Å²) in [4.78, 5) is 4.16. The number of ether oxygens (including phenoxy) is 1. The van der Waals surface area contributed by atoms with Crippen molar-refractivity contribution in [3.05, 3.63) is 35.9 Å². The molecule has 1 aromatic carbocycles. The van der Waals surface area contributed by atoms with Gasteiger partial charge in [0.05, 0.1) is 23.9 Å². The molecule has 0 spiro atoms. The normalized spacial score (nSPS) is 24.0. The van der Waals surface area contributed by atoms with Crippen LogP contribution >= 0.6 is 12.2 Å². The monoisotopic (exact) mass is 233 g/mol. The predicted octanol–water partition coefficient (Wildman–Crippen LogP) is 3.23. The Labute approximate surface area is 101 Å². The van der Waals surface area contributed by atoms with Gasteiger partial charge in [0.1, 0.15) is 0 Å². The number of nitrogens with zero attached hydrogens (tertiary/aromatic N) is 1. The van der Waals surface area contributed by atoms with Crippen molar-refractivity contribution < 1.29 is 4.74 Å². The summed E-state index contributed by atoms with van der Waals surface area (Å²) < 4.78 is 5.87. The second kappa shape index (κ2) is 5.90. The van der Waals surface area contributed by atoms with Gasteiger partial charge in [-0.2, -0.15) is 0 Å². The zero-order valence-electron chi connectivity index (χ0n) is 9.13. The van der Waals surface area contributed by atoms with Gasteiger partial charge in [-0.3, -0.25) is 0 Å². The molecule has 1 saturated carbocycles. The molecule has 84 valence electrons. The standard InChI is InChI=1S/C13H15NOS/c16-10-14-12-7-4-8-13(12)15-9-11-5-2-1-3-6-11/h1-3,5-6,12-13H,4,7-9H2/t12-,13-/m1/s1. The van der Waals surface area contributed by atoms with Gasteiger partial charge >= 0.3 is 0 Å². The Balaban J connectivity index is 1.88. The van der Waals surface area contributed by atoms with E-state index in [4.69, 9.17) is 4.74 Å². The molecule has 2 atom stereocenters. The molecular weight excluding hydrogens is 218 g/mol. The first-order valence-corrected chi connectivity index (χ1v) is 6.03. The van der Waals surface area contributed by atoms with Crippen molar-refractivity contribution in [2.24, 2.45) is 4.99 Å². The molecule has 16 heavy (non-hydrogen) atoms. The molecule has 0 aliphatic heterocycles. The van der Waals surface area contributed by atoms with E-state index in [0.29, 0.717) is 6.61 Å². The Morgan fingerprint density at radius 3 is 2.88 bits per heavy atom. The fourth-order valence-corrected chi connectivity index (χ4v) is 2.23. The first-order valence-electron chi connectivity index (χ1n) is 5.62. The molecule has 0 amide bonds. The quantitative estimate of drug-likeness (QED) is 0.588. The van der Waals surface area contributed by atoms with E-state index in [9.17, 15) is 0 Å². The van der Waals surface area contributed by atoms with Crippen LogP contribution in [0.5, 0.6) is 0 Å². The summed E-state index contributed by atoms with van der Waals surface area (Å²) in [6, 6.07) is 10.4. The molecule has 3 heteroatoms. The third-order valence-corrected chi connectivity index (χ3v) is 3.05. The highest BCUT2D eigenvalue weighted by Crippen LogP contribution is 2.25. The topological polar surface area (TPSA) is 21.6 Å². The van der Waals surface area contributed by atoms with Gasteiger partial charge in [0.15, 0.2) is 0 Å². The SMILES string of the molecule is S=C=N[C@@H]1CCC[C@H]1OCc1ccccc1. The average Bonchev–Trinajstić information content (AvgIpc) is 2.76. The van der Waals surface area contributed by atoms with E-state index in [2.05, 4.69) is 34.5 Å². The molecule has 0 unspecified atom stereocenters. The number of aliphatic imine (C=N–C) groups is 1. The fraction of sp³-hybridized carbons (Fsp3) is 0.462. The number of hydrogen-bond acceptors (Lipinski definition) is 3. The second-order valence-electron chi connectivity index (χ2n) is 4.05. The molecule has 1 aromatic rings. The third-order valence-electron chi connectivity index (χ3n) is 2.94. The summed E-state index contributed by atoms with van der Waals surface area (Å²) in [5.74, 6) is 0. The summed E-state index contributed by atoms with van der Waals surface area (Å²) in [6.07, 6.45) is 3.54. The molecule has 2 rings (SSSR count). The summed E-state index contributed by atoms with van der Waals surface area (Å²) in [7, 11) is 0. The number of hydrogen-bond donors (Lipinski definition) is 0. The van der Waals surface area contributed by atoms with Gasteiger partial charge in [-0.1, -0.05) is 30.3 Å². The van der Waals surface area contributed by atoms with E-state index < -0.39 is 0 Å². The molecular formula is C13H15NOS. The van der Waals surface area contributed by atoms with Crippen molar-refractivity contribution >= 4 is 17.4 Å².